The van der Waals surface area contributed by atoms with Crippen molar-refractivity contribution in [2.75, 3.05) is 5.32 Å². The molecule has 0 amide bonds. The molecule has 0 bridgehead atoms. The molecule has 1 heterocycles. The predicted octanol–water partition coefficient (Wildman–Crippen LogP) is 4.66. The fraction of sp³-hybridized carbons (Fsp3) is 0.467. The maximum atomic E-state index is 5.31. The third-order valence-corrected chi connectivity index (χ3v) is 4.02. The van der Waals surface area contributed by atoms with Crippen molar-refractivity contribution >= 4 is 21.6 Å². The molecule has 0 saturated carbocycles. The van der Waals surface area contributed by atoms with Crippen LogP contribution in [0.15, 0.2) is 27.2 Å². The zero-order valence-corrected chi connectivity index (χ0v) is 13.7. The summed E-state index contributed by atoms with van der Waals surface area (Å²) in [5, 5.41) is 7.38. The highest BCUT2D eigenvalue weighted by Crippen LogP contribution is 2.24. The lowest BCUT2D eigenvalue weighted by Crippen LogP contribution is -2.07. The zero-order valence-electron chi connectivity index (χ0n) is 12.1. The SMILES string of the molecule is CCCCc1noc(C(C)Nc2ccc(C)c(Br)c2)n1. The number of benzene rings is 1. The number of hydrogen-bond acceptors (Lipinski definition) is 4. The molecule has 0 saturated heterocycles. The largest absolute Gasteiger partial charge is 0.374 e. The monoisotopic (exact) mass is 337 g/mol. The van der Waals surface area contributed by atoms with Crippen molar-refractivity contribution in [2.24, 2.45) is 0 Å². The number of aromatic nitrogens is 2. The van der Waals surface area contributed by atoms with Crippen molar-refractivity contribution in [3.8, 4) is 0 Å². The first-order valence-corrected chi connectivity index (χ1v) is 7.74. The highest BCUT2D eigenvalue weighted by molar-refractivity contribution is 9.10. The van der Waals surface area contributed by atoms with Gasteiger partial charge in [-0.1, -0.05) is 40.5 Å². The number of unbranched alkanes of at least 4 members (excludes halogenated alkanes) is 1. The summed E-state index contributed by atoms with van der Waals surface area (Å²) in [6.45, 7) is 6.24. The van der Waals surface area contributed by atoms with E-state index in [9.17, 15) is 0 Å². The van der Waals surface area contributed by atoms with E-state index in [1.165, 1.54) is 5.56 Å². The molecule has 1 atom stereocenters. The van der Waals surface area contributed by atoms with E-state index in [0.29, 0.717) is 5.89 Å². The highest BCUT2D eigenvalue weighted by Gasteiger charge is 2.14. The molecular weight excluding hydrogens is 318 g/mol. The summed E-state index contributed by atoms with van der Waals surface area (Å²) in [6, 6.07) is 6.16. The molecule has 1 unspecified atom stereocenters. The van der Waals surface area contributed by atoms with Crippen LogP contribution in [0.4, 0.5) is 5.69 Å². The van der Waals surface area contributed by atoms with Gasteiger partial charge in [0.1, 0.15) is 6.04 Å². The molecule has 0 fully saturated rings. The molecule has 1 aromatic heterocycles. The van der Waals surface area contributed by atoms with Gasteiger partial charge >= 0.3 is 0 Å². The number of hydrogen-bond donors (Lipinski definition) is 1. The van der Waals surface area contributed by atoms with Crippen molar-refractivity contribution in [1.29, 1.82) is 0 Å². The second-order valence-electron chi connectivity index (χ2n) is 4.98. The lowest BCUT2D eigenvalue weighted by atomic mass is 10.2. The van der Waals surface area contributed by atoms with Crippen LogP contribution in [0.2, 0.25) is 0 Å². The molecule has 0 aliphatic rings. The van der Waals surface area contributed by atoms with Crippen LogP contribution < -0.4 is 5.32 Å². The minimum absolute atomic E-state index is 0.00696. The number of anilines is 1. The minimum Gasteiger partial charge on any atom is -0.374 e. The number of nitrogens with one attached hydrogen (secondary N) is 1. The van der Waals surface area contributed by atoms with Crippen LogP contribution >= 0.6 is 15.9 Å². The van der Waals surface area contributed by atoms with Gasteiger partial charge in [-0.05, 0) is 38.0 Å². The standard InChI is InChI=1S/C15H20BrN3O/c1-4-5-6-14-18-15(20-19-14)11(3)17-12-8-7-10(2)13(16)9-12/h7-9,11,17H,4-6H2,1-3H3. The Morgan fingerprint density at radius 3 is 2.90 bits per heavy atom. The lowest BCUT2D eigenvalue weighted by molar-refractivity contribution is 0.362. The molecule has 2 aromatic rings. The van der Waals surface area contributed by atoms with E-state index in [2.05, 4.69) is 57.4 Å². The van der Waals surface area contributed by atoms with Crippen molar-refractivity contribution < 1.29 is 4.52 Å². The summed E-state index contributed by atoms with van der Waals surface area (Å²) in [5.74, 6) is 1.42. The molecule has 1 N–H and O–H groups in total. The molecule has 0 spiro atoms. The number of halogens is 1. The zero-order chi connectivity index (χ0) is 14.5. The Morgan fingerprint density at radius 2 is 2.20 bits per heavy atom. The predicted molar refractivity (Wildman–Crippen MR) is 83.8 cm³/mol. The van der Waals surface area contributed by atoms with E-state index in [1.807, 2.05) is 13.0 Å². The molecule has 0 radical (unpaired) electrons. The van der Waals surface area contributed by atoms with Gasteiger partial charge in [-0.15, -0.1) is 0 Å². The smallest absolute Gasteiger partial charge is 0.248 e. The van der Waals surface area contributed by atoms with Crippen LogP contribution in [0.25, 0.3) is 0 Å². The van der Waals surface area contributed by atoms with E-state index in [0.717, 1.165) is 35.2 Å². The fourth-order valence-corrected chi connectivity index (χ4v) is 2.25. The Kier molecular flexibility index (Phi) is 5.17. The molecule has 2 rings (SSSR count). The van der Waals surface area contributed by atoms with E-state index in [-0.39, 0.29) is 6.04 Å². The Hall–Kier alpha value is -1.36. The van der Waals surface area contributed by atoms with Gasteiger partial charge in [0.15, 0.2) is 5.82 Å². The summed E-state index contributed by atoms with van der Waals surface area (Å²) < 4.78 is 6.40. The number of aryl methyl sites for hydroxylation is 2. The normalized spacial score (nSPS) is 12.4. The highest BCUT2D eigenvalue weighted by atomic mass is 79.9. The van der Waals surface area contributed by atoms with E-state index in [1.54, 1.807) is 0 Å². The van der Waals surface area contributed by atoms with Crippen LogP contribution in [0.3, 0.4) is 0 Å². The summed E-state index contributed by atoms with van der Waals surface area (Å²) in [5.41, 5.74) is 2.24. The van der Waals surface area contributed by atoms with Gasteiger partial charge in [-0.2, -0.15) is 4.98 Å². The summed E-state index contributed by atoms with van der Waals surface area (Å²) >= 11 is 3.53. The van der Waals surface area contributed by atoms with E-state index < -0.39 is 0 Å². The first kappa shape index (κ1) is 15.0. The number of rotatable bonds is 6. The molecular formula is C15H20BrN3O. The Balaban J connectivity index is 2.01. The van der Waals surface area contributed by atoms with Gasteiger partial charge in [-0.25, -0.2) is 0 Å². The van der Waals surface area contributed by atoms with Crippen LogP contribution in [-0.4, -0.2) is 10.1 Å². The van der Waals surface area contributed by atoms with Gasteiger partial charge in [0.2, 0.25) is 5.89 Å². The molecule has 108 valence electrons. The van der Waals surface area contributed by atoms with Crippen molar-refractivity contribution in [2.45, 2.75) is 46.1 Å². The summed E-state index contributed by atoms with van der Waals surface area (Å²) in [7, 11) is 0. The van der Waals surface area contributed by atoms with E-state index in [4.69, 9.17) is 4.52 Å². The van der Waals surface area contributed by atoms with Crippen molar-refractivity contribution in [3.05, 3.63) is 40.0 Å². The quantitative estimate of drug-likeness (QED) is 0.832. The topological polar surface area (TPSA) is 51.0 Å². The molecule has 20 heavy (non-hydrogen) atoms. The third kappa shape index (κ3) is 3.82. The van der Waals surface area contributed by atoms with Crippen molar-refractivity contribution in [3.63, 3.8) is 0 Å². The van der Waals surface area contributed by atoms with Gasteiger partial charge < -0.3 is 9.84 Å². The second kappa shape index (κ2) is 6.88. The van der Waals surface area contributed by atoms with Gasteiger partial charge in [0.05, 0.1) is 0 Å². The number of nitrogens with zero attached hydrogens (tertiary/aromatic N) is 2. The first-order valence-electron chi connectivity index (χ1n) is 6.95. The lowest BCUT2D eigenvalue weighted by Gasteiger charge is -2.12. The maximum Gasteiger partial charge on any atom is 0.248 e. The van der Waals surface area contributed by atoms with Crippen LogP contribution in [0, 0.1) is 6.92 Å². The van der Waals surface area contributed by atoms with E-state index >= 15 is 0 Å². The van der Waals surface area contributed by atoms with Crippen LogP contribution in [-0.2, 0) is 6.42 Å². The molecule has 0 aliphatic heterocycles. The molecule has 1 aromatic carbocycles. The van der Waals surface area contributed by atoms with Gasteiger partial charge in [0.25, 0.3) is 0 Å². The van der Waals surface area contributed by atoms with Crippen LogP contribution in [0.5, 0.6) is 0 Å². The summed E-state index contributed by atoms with van der Waals surface area (Å²) in [6.07, 6.45) is 3.10. The fourth-order valence-electron chi connectivity index (χ4n) is 1.87. The first-order chi connectivity index (χ1) is 9.60. The molecule has 4 nitrogen and oxygen atoms in total. The Morgan fingerprint density at radius 1 is 1.40 bits per heavy atom. The summed E-state index contributed by atoms with van der Waals surface area (Å²) in [4.78, 5) is 4.43. The molecule has 5 heteroatoms. The van der Waals surface area contributed by atoms with Crippen LogP contribution in [0.1, 0.15) is 50.0 Å². The van der Waals surface area contributed by atoms with Crippen molar-refractivity contribution in [1.82, 2.24) is 10.1 Å². The van der Waals surface area contributed by atoms with Gasteiger partial charge in [0, 0.05) is 16.6 Å². The Bertz CT molecular complexity index is 568. The van der Waals surface area contributed by atoms with Gasteiger partial charge in [-0.3, -0.25) is 0 Å². The Labute approximate surface area is 128 Å². The minimum atomic E-state index is -0.00696. The third-order valence-electron chi connectivity index (χ3n) is 3.16. The molecule has 0 aliphatic carbocycles. The average molecular weight is 338 g/mol. The maximum absolute atomic E-state index is 5.31. The average Bonchev–Trinajstić information content (AvgIpc) is 2.89. The second-order valence-corrected chi connectivity index (χ2v) is 5.84.